The number of hydrogen-bond donors (Lipinski definition) is 1. The Kier molecular flexibility index (Phi) is 13.7. The van der Waals surface area contributed by atoms with Crippen molar-refractivity contribution < 1.29 is 9.47 Å². The van der Waals surface area contributed by atoms with E-state index in [2.05, 4.69) is 36.5 Å². The van der Waals surface area contributed by atoms with Crippen LogP contribution in [-0.2, 0) is 9.47 Å². The number of nitrogens with one attached hydrogen (secondary N) is 1. The molecule has 4 heteroatoms. The van der Waals surface area contributed by atoms with Crippen LogP contribution < -0.4 is 5.32 Å². The molecular formula is C17H30ClNO2. The van der Waals surface area contributed by atoms with Crippen molar-refractivity contribution in [2.45, 2.75) is 46.1 Å². The van der Waals surface area contributed by atoms with E-state index >= 15 is 0 Å². The van der Waals surface area contributed by atoms with Crippen LogP contribution in [0.2, 0.25) is 0 Å². The summed E-state index contributed by atoms with van der Waals surface area (Å²) in [7, 11) is 1.70. The second kappa shape index (κ2) is 14.2. The quantitative estimate of drug-likeness (QED) is 0.329. The lowest BCUT2D eigenvalue weighted by molar-refractivity contribution is 0.0692. The van der Waals surface area contributed by atoms with E-state index in [1.54, 1.807) is 7.11 Å². The summed E-state index contributed by atoms with van der Waals surface area (Å²) in [6, 6.07) is 0. The van der Waals surface area contributed by atoms with Gasteiger partial charge in [-0.15, -0.1) is 11.6 Å². The highest BCUT2D eigenvalue weighted by Gasteiger charge is 2.00. The summed E-state index contributed by atoms with van der Waals surface area (Å²) in [6.45, 7) is 7.29. The fraction of sp³-hybridized carbons (Fsp3) is 0.647. The Hall–Kier alpha value is -0.770. The van der Waals surface area contributed by atoms with Gasteiger partial charge in [0.1, 0.15) is 6.73 Å². The monoisotopic (exact) mass is 315 g/mol. The molecule has 122 valence electrons. The van der Waals surface area contributed by atoms with Crippen LogP contribution >= 0.6 is 11.6 Å². The van der Waals surface area contributed by atoms with Gasteiger partial charge in [-0.05, 0) is 44.8 Å². The maximum Gasteiger partial charge on any atom is 0.116 e. The number of allylic oxidation sites excluding steroid dienone is 5. The summed E-state index contributed by atoms with van der Waals surface area (Å²) in [5, 5.41) is 3.33. The van der Waals surface area contributed by atoms with E-state index < -0.39 is 0 Å². The minimum absolute atomic E-state index is 0.218. The number of halogens is 1. The average Bonchev–Trinajstić information content (AvgIpc) is 2.46. The molecule has 0 rings (SSSR count). The summed E-state index contributed by atoms with van der Waals surface area (Å²) in [6.07, 6.45) is 11.5. The lowest BCUT2D eigenvalue weighted by atomic mass is 10.1. The van der Waals surface area contributed by atoms with Gasteiger partial charge < -0.3 is 14.8 Å². The Balaban J connectivity index is 4.80. The molecule has 0 aromatic heterocycles. The largest absolute Gasteiger partial charge is 0.381 e. The second-order valence-electron chi connectivity index (χ2n) is 4.97. The number of rotatable bonds is 12. The number of hydrogen-bond acceptors (Lipinski definition) is 3. The summed E-state index contributed by atoms with van der Waals surface area (Å²) in [5.41, 5.74) is 2.28. The molecule has 0 atom stereocenters. The predicted octanol–water partition coefficient (Wildman–Crippen LogP) is 4.40. The molecule has 0 saturated heterocycles. The second-order valence-corrected chi connectivity index (χ2v) is 5.35. The molecule has 0 radical (unpaired) electrons. The summed E-state index contributed by atoms with van der Waals surface area (Å²) < 4.78 is 10.7. The number of methoxy groups -OCH3 is 1. The smallest absolute Gasteiger partial charge is 0.116 e. The lowest BCUT2D eigenvalue weighted by Crippen LogP contribution is -2.20. The first-order valence-electron chi connectivity index (χ1n) is 7.61. The molecule has 0 unspecified atom stereocenters. The van der Waals surface area contributed by atoms with Gasteiger partial charge in [-0.2, -0.15) is 0 Å². The fourth-order valence-electron chi connectivity index (χ4n) is 1.58. The van der Waals surface area contributed by atoms with E-state index in [9.17, 15) is 0 Å². The number of ether oxygens (including phenoxy) is 2. The van der Waals surface area contributed by atoms with Crippen molar-refractivity contribution in [3.63, 3.8) is 0 Å². The molecule has 0 spiro atoms. The molecule has 0 fully saturated rings. The van der Waals surface area contributed by atoms with Crippen molar-refractivity contribution in [3.05, 3.63) is 35.6 Å². The van der Waals surface area contributed by atoms with Crippen molar-refractivity contribution >= 4 is 11.6 Å². The Bertz CT molecular complexity index is 336. The molecule has 0 aliphatic carbocycles. The van der Waals surface area contributed by atoms with E-state index in [0.29, 0.717) is 19.2 Å². The van der Waals surface area contributed by atoms with Gasteiger partial charge in [-0.1, -0.05) is 25.2 Å². The zero-order valence-electron chi connectivity index (χ0n) is 13.8. The van der Waals surface area contributed by atoms with Crippen molar-refractivity contribution in [2.75, 3.05) is 26.3 Å². The first-order valence-corrected chi connectivity index (χ1v) is 8.15. The van der Waals surface area contributed by atoms with Gasteiger partial charge in [-0.3, -0.25) is 0 Å². The SMILES string of the molecule is CC\C=C/C(=C\COC)/C=C(\CCCCl)NCOC(C)C. The normalized spacial score (nSPS) is 13.4. The van der Waals surface area contributed by atoms with Crippen LogP contribution in [0, 0.1) is 0 Å². The molecule has 1 N–H and O–H groups in total. The molecule has 0 saturated carbocycles. The summed E-state index contributed by atoms with van der Waals surface area (Å²) in [5.74, 6) is 0.659. The summed E-state index contributed by atoms with van der Waals surface area (Å²) >= 11 is 5.80. The first kappa shape index (κ1) is 20.2. The van der Waals surface area contributed by atoms with Crippen LogP contribution in [0.15, 0.2) is 35.6 Å². The number of alkyl halides is 1. The predicted molar refractivity (Wildman–Crippen MR) is 91.7 cm³/mol. The molecule has 0 aliphatic rings. The van der Waals surface area contributed by atoms with Crippen LogP contribution in [0.4, 0.5) is 0 Å². The molecule has 0 aromatic carbocycles. The molecule has 0 heterocycles. The van der Waals surface area contributed by atoms with Crippen LogP contribution in [-0.4, -0.2) is 32.4 Å². The Morgan fingerprint density at radius 3 is 2.67 bits per heavy atom. The topological polar surface area (TPSA) is 30.5 Å². The highest BCUT2D eigenvalue weighted by Crippen LogP contribution is 2.10. The molecule has 21 heavy (non-hydrogen) atoms. The van der Waals surface area contributed by atoms with E-state index in [0.717, 1.165) is 30.5 Å². The van der Waals surface area contributed by atoms with E-state index in [4.69, 9.17) is 21.1 Å². The minimum atomic E-state index is 0.218. The minimum Gasteiger partial charge on any atom is -0.381 e. The van der Waals surface area contributed by atoms with Gasteiger partial charge in [0, 0.05) is 18.7 Å². The van der Waals surface area contributed by atoms with Crippen molar-refractivity contribution in [1.82, 2.24) is 5.32 Å². The van der Waals surface area contributed by atoms with Crippen molar-refractivity contribution in [2.24, 2.45) is 0 Å². The maximum absolute atomic E-state index is 5.80. The molecule has 0 aliphatic heterocycles. The van der Waals surface area contributed by atoms with Gasteiger partial charge in [0.25, 0.3) is 0 Å². The van der Waals surface area contributed by atoms with E-state index in [1.807, 2.05) is 13.8 Å². The van der Waals surface area contributed by atoms with Crippen molar-refractivity contribution in [3.8, 4) is 0 Å². The highest BCUT2D eigenvalue weighted by molar-refractivity contribution is 6.17. The fourth-order valence-corrected chi connectivity index (χ4v) is 1.71. The lowest BCUT2D eigenvalue weighted by Gasteiger charge is -2.13. The molecule has 0 bridgehead atoms. The average molecular weight is 316 g/mol. The van der Waals surface area contributed by atoms with E-state index in [1.165, 1.54) is 0 Å². The van der Waals surface area contributed by atoms with Crippen LogP contribution in [0.1, 0.15) is 40.0 Å². The van der Waals surface area contributed by atoms with Crippen LogP contribution in [0.3, 0.4) is 0 Å². The van der Waals surface area contributed by atoms with Crippen molar-refractivity contribution in [1.29, 1.82) is 0 Å². The van der Waals surface area contributed by atoms with Gasteiger partial charge in [0.2, 0.25) is 0 Å². The summed E-state index contributed by atoms with van der Waals surface area (Å²) in [4.78, 5) is 0. The highest BCUT2D eigenvalue weighted by atomic mass is 35.5. The Labute approximate surface area is 135 Å². The van der Waals surface area contributed by atoms with Gasteiger partial charge in [0.15, 0.2) is 0 Å². The maximum atomic E-state index is 5.80. The molecule has 3 nitrogen and oxygen atoms in total. The molecule has 0 aromatic rings. The van der Waals surface area contributed by atoms with Crippen LogP contribution in [0.5, 0.6) is 0 Å². The Morgan fingerprint density at radius 2 is 2.10 bits per heavy atom. The van der Waals surface area contributed by atoms with Gasteiger partial charge in [0.05, 0.1) is 12.7 Å². The first-order chi connectivity index (χ1) is 10.1. The zero-order valence-corrected chi connectivity index (χ0v) is 14.6. The van der Waals surface area contributed by atoms with Crippen LogP contribution in [0.25, 0.3) is 0 Å². The zero-order chi connectivity index (χ0) is 15.9. The molecular weight excluding hydrogens is 286 g/mol. The Morgan fingerprint density at radius 1 is 1.33 bits per heavy atom. The third-order valence-electron chi connectivity index (χ3n) is 2.67. The third kappa shape index (κ3) is 12.7. The van der Waals surface area contributed by atoms with Gasteiger partial charge in [-0.25, -0.2) is 0 Å². The third-order valence-corrected chi connectivity index (χ3v) is 2.94. The van der Waals surface area contributed by atoms with E-state index in [-0.39, 0.29) is 6.10 Å². The standard InChI is InChI=1S/C17H30ClNO2/c1-5-6-8-16(10-12-20-4)13-17(9-7-11-18)19-14-21-15(2)3/h6,8,10,13,15,19H,5,7,9,11-12,14H2,1-4H3/b8-6-,16-10+,17-13+. The molecule has 0 amide bonds. The van der Waals surface area contributed by atoms with Gasteiger partial charge >= 0.3 is 0 Å².